The highest BCUT2D eigenvalue weighted by Gasteiger charge is 2.67. The van der Waals surface area contributed by atoms with Crippen molar-refractivity contribution in [3.8, 4) is 5.75 Å². The molecule has 150 valence electrons. The summed E-state index contributed by atoms with van der Waals surface area (Å²) in [6.45, 7) is 1.37. The Morgan fingerprint density at radius 1 is 1.07 bits per heavy atom. The number of carbonyl (C=O) groups excluding carboxylic acids is 2. The van der Waals surface area contributed by atoms with Crippen molar-refractivity contribution < 1.29 is 24.6 Å². The van der Waals surface area contributed by atoms with E-state index in [0.29, 0.717) is 15.7 Å². The number of phenols is 1. The van der Waals surface area contributed by atoms with Crippen molar-refractivity contribution in [2.75, 3.05) is 4.90 Å². The van der Waals surface area contributed by atoms with E-state index in [9.17, 15) is 24.6 Å². The predicted molar refractivity (Wildman–Crippen MR) is 106 cm³/mol. The predicted octanol–water partition coefficient (Wildman–Crippen LogP) is 2.99. The smallest absolute Gasteiger partial charge is 0.324 e. The van der Waals surface area contributed by atoms with Crippen molar-refractivity contribution in [2.24, 2.45) is 11.8 Å². The van der Waals surface area contributed by atoms with Crippen LogP contribution in [-0.4, -0.2) is 33.5 Å². The van der Waals surface area contributed by atoms with E-state index in [1.54, 1.807) is 12.1 Å². The van der Waals surface area contributed by atoms with Gasteiger partial charge in [0.15, 0.2) is 0 Å². The van der Waals surface area contributed by atoms with Crippen LogP contribution in [0.3, 0.4) is 0 Å². The highest BCUT2D eigenvalue weighted by Crippen LogP contribution is 2.51. The highest BCUT2D eigenvalue weighted by atomic mass is 35.5. The van der Waals surface area contributed by atoms with Crippen LogP contribution < -0.4 is 10.2 Å². The third-order valence-electron chi connectivity index (χ3n) is 5.64. The Hall–Kier alpha value is -2.61. The molecule has 2 fully saturated rings. The molecule has 0 saturated carbocycles. The molecule has 0 unspecified atom stereocenters. The van der Waals surface area contributed by atoms with Gasteiger partial charge in [-0.15, -0.1) is 0 Å². The van der Waals surface area contributed by atoms with Crippen molar-refractivity contribution >= 4 is 46.7 Å². The maximum absolute atomic E-state index is 13.3. The van der Waals surface area contributed by atoms with Crippen LogP contribution in [0.15, 0.2) is 42.5 Å². The lowest BCUT2D eigenvalue weighted by atomic mass is 9.80. The number of phenolic OH excluding ortho intramolecular Hbond substituents is 1. The monoisotopic (exact) mass is 434 g/mol. The Labute approximate surface area is 175 Å². The Morgan fingerprint density at radius 3 is 2.31 bits per heavy atom. The first kappa shape index (κ1) is 19.7. The van der Waals surface area contributed by atoms with Crippen LogP contribution in [0.5, 0.6) is 5.75 Å². The maximum Gasteiger partial charge on any atom is 0.324 e. The fraction of sp³-hybridized carbons (Fsp3) is 0.250. The maximum atomic E-state index is 13.3. The van der Waals surface area contributed by atoms with E-state index in [-0.39, 0.29) is 11.3 Å². The number of benzene rings is 2. The second-order valence-corrected chi connectivity index (χ2v) is 8.20. The van der Waals surface area contributed by atoms with Crippen LogP contribution in [0.2, 0.25) is 10.0 Å². The quantitative estimate of drug-likeness (QED) is 0.640. The van der Waals surface area contributed by atoms with Gasteiger partial charge in [0, 0.05) is 21.7 Å². The molecule has 4 atom stereocenters. The van der Waals surface area contributed by atoms with Gasteiger partial charge in [-0.1, -0.05) is 23.2 Å². The van der Waals surface area contributed by atoms with Crippen LogP contribution in [0.25, 0.3) is 0 Å². The van der Waals surface area contributed by atoms with Crippen molar-refractivity contribution in [2.45, 2.75) is 18.5 Å². The van der Waals surface area contributed by atoms with Crippen molar-refractivity contribution in [1.29, 1.82) is 0 Å². The first-order chi connectivity index (χ1) is 13.6. The molecule has 4 rings (SSSR count). The minimum atomic E-state index is -1.71. The van der Waals surface area contributed by atoms with E-state index in [2.05, 4.69) is 5.32 Å². The molecule has 2 aromatic carbocycles. The van der Waals surface area contributed by atoms with Gasteiger partial charge in [-0.2, -0.15) is 0 Å². The molecule has 2 amide bonds. The molecule has 2 aliphatic heterocycles. The second kappa shape index (κ2) is 6.73. The number of anilines is 1. The third kappa shape index (κ3) is 2.88. The summed E-state index contributed by atoms with van der Waals surface area (Å²) in [5.41, 5.74) is -1.14. The first-order valence-corrected chi connectivity index (χ1v) is 9.53. The second-order valence-electron chi connectivity index (χ2n) is 7.32. The van der Waals surface area contributed by atoms with Crippen molar-refractivity contribution in [3.05, 3.63) is 58.1 Å². The standard InChI is InChI=1S/C20H16Cl2N2O5/c1-20(19(28)29)15-14(16(23-20)12-8-10(22)4-7-13(12)25)17(26)24(18(15)27)11-5-2-9(21)3-6-11/h2-8,14-16,23,25H,1H3,(H,28,29)/t14-,15-,16+,20-/m0/s1. The first-order valence-electron chi connectivity index (χ1n) is 8.78. The van der Waals surface area contributed by atoms with Gasteiger partial charge in [-0.3, -0.25) is 19.7 Å². The van der Waals surface area contributed by atoms with Gasteiger partial charge in [0.25, 0.3) is 0 Å². The zero-order chi connectivity index (χ0) is 21.1. The van der Waals surface area contributed by atoms with Crippen LogP contribution in [-0.2, 0) is 14.4 Å². The number of amides is 2. The number of imide groups is 1. The number of fused-ring (bicyclic) bond motifs is 1. The SMILES string of the molecule is C[C@]1(C(=O)O)N[C@H](c2cc(Cl)ccc2O)[C@H]2C(=O)N(c3ccc(Cl)cc3)C(=O)[C@H]21. The number of hydrogen-bond acceptors (Lipinski definition) is 5. The molecule has 7 nitrogen and oxygen atoms in total. The molecule has 2 heterocycles. The number of aliphatic carboxylic acids is 1. The lowest BCUT2D eigenvalue weighted by Gasteiger charge is -2.27. The highest BCUT2D eigenvalue weighted by molar-refractivity contribution is 6.31. The normalized spacial score (nSPS) is 28.7. The Bertz CT molecular complexity index is 1040. The van der Waals surface area contributed by atoms with Gasteiger partial charge in [0.2, 0.25) is 11.8 Å². The summed E-state index contributed by atoms with van der Waals surface area (Å²) < 4.78 is 0. The molecule has 0 bridgehead atoms. The summed E-state index contributed by atoms with van der Waals surface area (Å²) in [6.07, 6.45) is 0. The number of aromatic hydroxyl groups is 1. The largest absolute Gasteiger partial charge is 0.508 e. The molecule has 2 aliphatic rings. The van der Waals surface area contributed by atoms with E-state index >= 15 is 0 Å². The molecule has 0 aliphatic carbocycles. The van der Waals surface area contributed by atoms with Crippen molar-refractivity contribution in [1.82, 2.24) is 5.32 Å². The summed E-state index contributed by atoms with van der Waals surface area (Å²) in [5.74, 6) is -4.77. The lowest BCUT2D eigenvalue weighted by Crippen LogP contribution is -2.53. The van der Waals surface area contributed by atoms with Gasteiger partial charge in [0.1, 0.15) is 11.3 Å². The van der Waals surface area contributed by atoms with Gasteiger partial charge < -0.3 is 10.2 Å². The van der Waals surface area contributed by atoms with Gasteiger partial charge in [0.05, 0.1) is 17.5 Å². The molecule has 29 heavy (non-hydrogen) atoms. The Morgan fingerprint density at radius 2 is 1.69 bits per heavy atom. The Balaban J connectivity index is 1.85. The molecular formula is C20H16Cl2N2O5. The number of carboxylic acid groups (broad SMARTS) is 1. The number of halogens is 2. The molecule has 2 aromatic rings. The lowest BCUT2D eigenvalue weighted by molar-refractivity contribution is -0.147. The Kier molecular flexibility index (Phi) is 4.57. The number of carboxylic acids is 1. The fourth-order valence-electron chi connectivity index (χ4n) is 4.22. The van der Waals surface area contributed by atoms with Gasteiger partial charge >= 0.3 is 5.97 Å². The van der Waals surface area contributed by atoms with Crippen molar-refractivity contribution in [3.63, 3.8) is 0 Å². The fourth-order valence-corrected chi connectivity index (χ4v) is 4.53. The third-order valence-corrected chi connectivity index (χ3v) is 6.13. The minimum absolute atomic E-state index is 0.148. The molecule has 0 spiro atoms. The molecular weight excluding hydrogens is 419 g/mol. The van der Waals surface area contributed by atoms with Crippen LogP contribution in [0, 0.1) is 11.8 Å². The van der Waals surface area contributed by atoms with Crippen LogP contribution in [0.1, 0.15) is 18.5 Å². The van der Waals surface area contributed by atoms with E-state index in [1.807, 2.05) is 0 Å². The number of carbonyl (C=O) groups is 3. The molecule has 0 radical (unpaired) electrons. The van der Waals surface area contributed by atoms with Gasteiger partial charge in [-0.05, 0) is 49.4 Å². The summed E-state index contributed by atoms with van der Waals surface area (Å²) in [5, 5.41) is 23.8. The topological polar surface area (TPSA) is 107 Å². The summed E-state index contributed by atoms with van der Waals surface area (Å²) >= 11 is 11.9. The number of rotatable bonds is 3. The number of hydrogen-bond donors (Lipinski definition) is 3. The van der Waals surface area contributed by atoms with E-state index < -0.39 is 41.2 Å². The zero-order valence-corrected chi connectivity index (χ0v) is 16.6. The zero-order valence-electron chi connectivity index (χ0n) is 15.1. The molecule has 9 heteroatoms. The minimum Gasteiger partial charge on any atom is -0.508 e. The van der Waals surface area contributed by atoms with Crippen LogP contribution in [0.4, 0.5) is 5.69 Å². The molecule has 2 saturated heterocycles. The summed E-state index contributed by atoms with van der Waals surface area (Å²) in [6, 6.07) is 9.53. The average molecular weight is 435 g/mol. The van der Waals surface area contributed by atoms with Gasteiger partial charge in [-0.25, -0.2) is 4.90 Å². The average Bonchev–Trinajstić information content (AvgIpc) is 3.13. The van der Waals surface area contributed by atoms with E-state index in [0.717, 1.165) is 4.90 Å². The number of nitrogens with one attached hydrogen (secondary N) is 1. The summed E-state index contributed by atoms with van der Waals surface area (Å²) in [4.78, 5) is 39.6. The molecule has 3 N–H and O–H groups in total. The number of nitrogens with zero attached hydrogens (tertiary/aromatic N) is 1. The van der Waals surface area contributed by atoms with E-state index in [4.69, 9.17) is 23.2 Å². The van der Waals surface area contributed by atoms with Crippen LogP contribution >= 0.6 is 23.2 Å². The van der Waals surface area contributed by atoms with E-state index in [1.165, 1.54) is 37.3 Å². The summed E-state index contributed by atoms with van der Waals surface area (Å²) in [7, 11) is 0. The molecule has 0 aromatic heterocycles.